The topological polar surface area (TPSA) is 46.6 Å². The van der Waals surface area contributed by atoms with Gasteiger partial charge in [-0.3, -0.25) is 0 Å². The van der Waals surface area contributed by atoms with Gasteiger partial charge in [0, 0.05) is 19.0 Å². The summed E-state index contributed by atoms with van der Waals surface area (Å²) < 4.78 is 31.4. The van der Waals surface area contributed by atoms with Gasteiger partial charge in [0.05, 0.1) is 18.5 Å². The lowest BCUT2D eigenvalue weighted by Gasteiger charge is -2.31. The van der Waals surface area contributed by atoms with Crippen LogP contribution < -0.4 is 0 Å². The Kier molecular flexibility index (Phi) is 5.21. The third-order valence-electron chi connectivity index (χ3n) is 3.16. The number of sulfonamides is 1. The second-order valence-electron chi connectivity index (χ2n) is 4.56. The fourth-order valence-electron chi connectivity index (χ4n) is 2.06. The lowest BCUT2D eigenvalue weighted by Crippen LogP contribution is -2.47. The van der Waals surface area contributed by atoms with Crippen molar-refractivity contribution < 1.29 is 13.2 Å². The molecular weight excluding hydrogens is 286 g/mol. The van der Waals surface area contributed by atoms with E-state index in [-0.39, 0.29) is 11.9 Å². The number of benzene rings is 1. The van der Waals surface area contributed by atoms with E-state index in [4.69, 9.17) is 16.3 Å². The third-order valence-corrected chi connectivity index (χ3v) is 5.34. The summed E-state index contributed by atoms with van der Waals surface area (Å²) in [5.74, 6) is 0.455. The number of morpholine rings is 1. The Hall–Kier alpha value is -0.620. The van der Waals surface area contributed by atoms with E-state index >= 15 is 0 Å². The van der Waals surface area contributed by atoms with Crippen LogP contribution in [0.1, 0.15) is 5.56 Å². The van der Waals surface area contributed by atoms with Crippen LogP contribution in [0.2, 0.25) is 0 Å². The summed E-state index contributed by atoms with van der Waals surface area (Å²) in [6, 6.07) is 9.64. The highest BCUT2D eigenvalue weighted by atomic mass is 35.5. The van der Waals surface area contributed by atoms with E-state index in [9.17, 15) is 8.42 Å². The fourth-order valence-corrected chi connectivity index (χ4v) is 3.74. The smallest absolute Gasteiger partial charge is 0.214 e. The molecule has 0 N–H and O–H groups in total. The Morgan fingerprint density at radius 2 is 2.05 bits per heavy atom. The van der Waals surface area contributed by atoms with Crippen LogP contribution >= 0.6 is 11.6 Å². The van der Waals surface area contributed by atoms with E-state index in [1.54, 1.807) is 0 Å². The van der Waals surface area contributed by atoms with Crippen molar-refractivity contribution in [3.8, 4) is 0 Å². The molecule has 1 aromatic carbocycles. The number of nitrogens with zero attached hydrogens (tertiary/aromatic N) is 1. The van der Waals surface area contributed by atoms with E-state index in [0.717, 1.165) is 5.56 Å². The van der Waals surface area contributed by atoms with Crippen molar-refractivity contribution >= 4 is 21.6 Å². The zero-order chi connectivity index (χ0) is 13.7. The number of rotatable bonds is 5. The van der Waals surface area contributed by atoms with Crippen LogP contribution in [0.15, 0.2) is 30.3 Å². The maximum absolute atomic E-state index is 12.2. The average molecular weight is 304 g/mol. The summed E-state index contributed by atoms with van der Waals surface area (Å²) in [5.41, 5.74) is 1.04. The van der Waals surface area contributed by atoms with Gasteiger partial charge in [0.1, 0.15) is 0 Å². The van der Waals surface area contributed by atoms with E-state index in [1.165, 1.54) is 4.31 Å². The van der Waals surface area contributed by atoms with Crippen molar-refractivity contribution in [1.29, 1.82) is 0 Å². The minimum absolute atomic E-state index is 0.131. The first-order valence-electron chi connectivity index (χ1n) is 6.31. The highest BCUT2D eigenvalue weighted by Crippen LogP contribution is 2.13. The second-order valence-corrected chi connectivity index (χ2v) is 6.95. The molecule has 2 rings (SSSR count). The molecule has 0 aromatic heterocycles. The van der Waals surface area contributed by atoms with Crippen molar-refractivity contribution in [3.05, 3.63) is 35.9 Å². The Labute approximate surface area is 119 Å². The first-order valence-corrected chi connectivity index (χ1v) is 8.45. The van der Waals surface area contributed by atoms with Crippen LogP contribution in [0.25, 0.3) is 0 Å². The van der Waals surface area contributed by atoms with Gasteiger partial charge in [-0.15, -0.1) is 11.6 Å². The average Bonchev–Trinajstić information content (AvgIpc) is 2.46. The zero-order valence-corrected chi connectivity index (χ0v) is 12.2. The van der Waals surface area contributed by atoms with Crippen LogP contribution in [0.3, 0.4) is 0 Å². The number of hydrogen-bond acceptors (Lipinski definition) is 3. The second kappa shape index (κ2) is 6.70. The molecule has 1 saturated heterocycles. The Morgan fingerprint density at radius 3 is 2.74 bits per heavy atom. The molecule has 1 aromatic rings. The highest BCUT2D eigenvalue weighted by molar-refractivity contribution is 7.89. The predicted octanol–water partition coefficient (Wildman–Crippen LogP) is 1.50. The number of ether oxygens (including phenoxy) is 1. The number of halogens is 1. The number of aryl methyl sites for hydroxylation is 1. The molecule has 0 spiro atoms. The van der Waals surface area contributed by atoms with Crippen molar-refractivity contribution in [2.45, 2.75) is 12.5 Å². The Bertz CT molecular complexity index is 492. The van der Waals surface area contributed by atoms with Gasteiger partial charge >= 0.3 is 0 Å². The largest absolute Gasteiger partial charge is 0.374 e. The van der Waals surface area contributed by atoms with E-state index in [0.29, 0.717) is 32.0 Å². The summed E-state index contributed by atoms with van der Waals surface area (Å²) >= 11 is 5.72. The predicted molar refractivity (Wildman–Crippen MR) is 76.0 cm³/mol. The van der Waals surface area contributed by atoms with E-state index in [2.05, 4.69) is 0 Å². The van der Waals surface area contributed by atoms with Gasteiger partial charge in [0.25, 0.3) is 0 Å². The normalized spacial score (nSPS) is 21.4. The molecule has 1 heterocycles. The molecule has 0 bridgehead atoms. The van der Waals surface area contributed by atoms with Crippen LogP contribution in [0.4, 0.5) is 0 Å². The third kappa shape index (κ3) is 4.18. The molecular formula is C13H18ClNO3S. The maximum Gasteiger partial charge on any atom is 0.214 e. The van der Waals surface area contributed by atoms with Crippen LogP contribution in [0.5, 0.6) is 0 Å². The quantitative estimate of drug-likeness (QED) is 0.775. The summed E-state index contributed by atoms with van der Waals surface area (Å²) in [6.45, 7) is 1.20. The Balaban J connectivity index is 1.94. The summed E-state index contributed by atoms with van der Waals surface area (Å²) in [6.07, 6.45) is 0.341. The molecule has 106 valence electrons. The number of hydrogen-bond donors (Lipinski definition) is 0. The molecule has 0 aliphatic carbocycles. The van der Waals surface area contributed by atoms with Gasteiger partial charge in [-0.2, -0.15) is 4.31 Å². The lowest BCUT2D eigenvalue weighted by molar-refractivity contribution is 0.0122. The molecule has 6 heteroatoms. The van der Waals surface area contributed by atoms with Crippen LogP contribution in [-0.4, -0.2) is 50.2 Å². The SMILES string of the molecule is O=S(=O)(CCc1ccccc1)N1CCOC(CCl)C1. The first kappa shape index (κ1) is 14.8. The van der Waals surface area contributed by atoms with Gasteiger partial charge in [0.15, 0.2) is 0 Å². The van der Waals surface area contributed by atoms with Gasteiger partial charge in [-0.1, -0.05) is 30.3 Å². The highest BCUT2D eigenvalue weighted by Gasteiger charge is 2.28. The van der Waals surface area contributed by atoms with Gasteiger partial charge in [0.2, 0.25) is 10.0 Å². The molecule has 1 unspecified atom stereocenters. The zero-order valence-electron chi connectivity index (χ0n) is 10.7. The minimum atomic E-state index is -3.23. The standard InChI is InChI=1S/C13H18ClNO3S/c14-10-13-11-15(7-8-18-13)19(16,17)9-6-12-4-2-1-3-5-12/h1-5,13H,6-11H2. The van der Waals surface area contributed by atoms with Crippen molar-refractivity contribution in [1.82, 2.24) is 4.31 Å². The van der Waals surface area contributed by atoms with Crippen LogP contribution in [0, 0.1) is 0 Å². The number of alkyl halides is 1. The molecule has 0 saturated carbocycles. The van der Waals surface area contributed by atoms with Crippen LogP contribution in [-0.2, 0) is 21.2 Å². The molecule has 4 nitrogen and oxygen atoms in total. The maximum atomic E-state index is 12.2. The Morgan fingerprint density at radius 1 is 1.32 bits per heavy atom. The fraction of sp³-hybridized carbons (Fsp3) is 0.538. The molecule has 1 aliphatic rings. The molecule has 1 aliphatic heterocycles. The summed E-state index contributed by atoms with van der Waals surface area (Å²) in [7, 11) is -3.23. The molecule has 0 radical (unpaired) electrons. The first-order chi connectivity index (χ1) is 9.12. The van der Waals surface area contributed by atoms with Gasteiger partial charge < -0.3 is 4.74 Å². The van der Waals surface area contributed by atoms with Crippen molar-refractivity contribution in [2.75, 3.05) is 31.3 Å². The summed E-state index contributed by atoms with van der Waals surface area (Å²) in [4.78, 5) is 0. The lowest BCUT2D eigenvalue weighted by atomic mass is 10.2. The summed E-state index contributed by atoms with van der Waals surface area (Å²) in [5, 5.41) is 0. The van der Waals surface area contributed by atoms with E-state index in [1.807, 2.05) is 30.3 Å². The minimum Gasteiger partial charge on any atom is -0.374 e. The molecule has 19 heavy (non-hydrogen) atoms. The van der Waals surface area contributed by atoms with Gasteiger partial charge in [-0.05, 0) is 12.0 Å². The van der Waals surface area contributed by atoms with Crippen molar-refractivity contribution in [2.24, 2.45) is 0 Å². The molecule has 1 fully saturated rings. The monoisotopic (exact) mass is 303 g/mol. The molecule has 0 amide bonds. The van der Waals surface area contributed by atoms with Crippen molar-refractivity contribution in [3.63, 3.8) is 0 Å². The van der Waals surface area contributed by atoms with Gasteiger partial charge in [-0.25, -0.2) is 8.42 Å². The van der Waals surface area contributed by atoms with E-state index < -0.39 is 10.0 Å². The molecule has 1 atom stereocenters.